The van der Waals surface area contributed by atoms with Gasteiger partial charge in [0.1, 0.15) is 0 Å². The summed E-state index contributed by atoms with van der Waals surface area (Å²) in [6, 6.07) is 0.264. The lowest BCUT2D eigenvalue weighted by Crippen LogP contribution is -2.27. The van der Waals surface area contributed by atoms with Crippen molar-refractivity contribution in [1.82, 2.24) is 5.32 Å². The molecule has 0 aliphatic carbocycles. The van der Waals surface area contributed by atoms with Gasteiger partial charge >= 0.3 is 5.97 Å². The molecule has 17 heavy (non-hydrogen) atoms. The van der Waals surface area contributed by atoms with Gasteiger partial charge in [-0.3, -0.25) is 4.79 Å². The van der Waals surface area contributed by atoms with E-state index in [0.29, 0.717) is 19.6 Å². The third-order valence-corrected chi connectivity index (χ3v) is 2.43. The fourth-order valence-electron chi connectivity index (χ4n) is 1.36. The van der Waals surface area contributed by atoms with Gasteiger partial charge in [0.05, 0.1) is 13.2 Å². The summed E-state index contributed by atoms with van der Waals surface area (Å²) in [5.41, 5.74) is 0. The van der Waals surface area contributed by atoms with E-state index in [1.807, 2.05) is 6.92 Å². The molecule has 0 saturated carbocycles. The molecule has 0 saturated heterocycles. The summed E-state index contributed by atoms with van der Waals surface area (Å²) in [4.78, 5) is 10.4. The van der Waals surface area contributed by atoms with Gasteiger partial charge in [-0.1, -0.05) is 0 Å². The maximum absolute atomic E-state index is 10.4. The molecule has 1 unspecified atom stereocenters. The molecule has 102 valence electrons. The van der Waals surface area contributed by atoms with Crippen LogP contribution in [0.4, 0.5) is 0 Å². The molecule has 0 amide bonds. The number of methoxy groups -OCH3 is 1. The molecule has 0 aliphatic rings. The van der Waals surface area contributed by atoms with Gasteiger partial charge in [0.25, 0.3) is 0 Å². The van der Waals surface area contributed by atoms with E-state index in [-0.39, 0.29) is 12.5 Å². The average molecular weight is 247 g/mol. The summed E-state index contributed by atoms with van der Waals surface area (Å²) in [7, 11) is 1.66. The predicted octanol–water partition coefficient (Wildman–Crippen LogP) is 1.27. The summed E-state index contributed by atoms with van der Waals surface area (Å²) in [6.45, 7) is 4.98. The Balaban J connectivity index is 3.13. The summed E-state index contributed by atoms with van der Waals surface area (Å²) in [5, 5.41) is 11.8. The SMILES string of the molecule is COCCOCCCCNC(C)CCC(=O)O. The molecule has 0 aromatic rings. The fourth-order valence-corrected chi connectivity index (χ4v) is 1.36. The van der Waals surface area contributed by atoms with Gasteiger partial charge in [0, 0.05) is 26.2 Å². The minimum Gasteiger partial charge on any atom is -0.481 e. The largest absolute Gasteiger partial charge is 0.481 e. The number of carboxylic acids is 1. The Kier molecular flexibility index (Phi) is 11.4. The Morgan fingerprint density at radius 3 is 2.71 bits per heavy atom. The summed E-state index contributed by atoms with van der Waals surface area (Å²) < 4.78 is 10.2. The maximum atomic E-state index is 10.4. The number of ether oxygens (including phenoxy) is 2. The Bertz CT molecular complexity index is 187. The molecule has 0 spiro atoms. The first kappa shape index (κ1) is 16.4. The molecule has 0 aromatic heterocycles. The van der Waals surface area contributed by atoms with Gasteiger partial charge in [0.2, 0.25) is 0 Å². The lowest BCUT2D eigenvalue weighted by molar-refractivity contribution is -0.137. The quantitative estimate of drug-likeness (QED) is 0.508. The Labute approximate surface area is 103 Å². The molecule has 5 nitrogen and oxygen atoms in total. The van der Waals surface area contributed by atoms with Crippen molar-refractivity contribution in [2.45, 2.75) is 38.6 Å². The van der Waals surface area contributed by atoms with E-state index in [2.05, 4.69) is 5.32 Å². The van der Waals surface area contributed by atoms with Gasteiger partial charge in [-0.2, -0.15) is 0 Å². The van der Waals surface area contributed by atoms with E-state index < -0.39 is 5.97 Å². The van der Waals surface area contributed by atoms with Crippen molar-refractivity contribution < 1.29 is 19.4 Å². The molecule has 0 bridgehead atoms. The molecule has 0 rings (SSSR count). The van der Waals surface area contributed by atoms with E-state index in [0.717, 1.165) is 26.0 Å². The van der Waals surface area contributed by atoms with Crippen LogP contribution in [0.5, 0.6) is 0 Å². The van der Waals surface area contributed by atoms with Crippen LogP contribution in [0, 0.1) is 0 Å². The maximum Gasteiger partial charge on any atom is 0.303 e. The zero-order chi connectivity index (χ0) is 12.9. The third kappa shape index (κ3) is 13.3. The Morgan fingerprint density at radius 1 is 1.29 bits per heavy atom. The van der Waals surface area contributed by atoms with Crippen molar-refractivity contribution in [3.8, 4) is 0 Å². The van der Waals surface area contributed by atoms with E-state index in [4.69, 9.17) is 14.6 Å². The molecule has 0 aliphatic heterocycles. The zero-order valence-electron chi connectivity index (χ0n) is 10.9. The fraction of sp³-hybridized carbons (Fsp3) is 0.917. The first-order chi connectivity index (χ1) is 8.16. The van der Waals surface area contributed by atoms with E-state index >= 15 is 0 Å². The van der Waals surface area contributed by atoms with Crippen LogP contribution >= 0.6 is 0 Å². The zero-order valence-corrected chi connectivity index (χ0v) is 10.9. The Hall–Kier alpha value is -0.650. The second-order valence-corrected chi connectivity index (χ2v) is 4.10. The van der Waals surface area contributed by atoms with Crippen molar-refractivity contribution in [1.29, 1.82) is 0 Å². The lowest BCUT2D eigenvalue weighted by atomic mass is 10.2. The van der Waals surface area contributed by atoms with Crippen molar-refractivity contribution >= 4 is 5.97 Å². The number of hydrogen-bond donors (Lipinski definition) is 2. The topological polar surface area (TPSA) is 67.8 Å². The molecular formula is C12H25NO4. The summed E-state index contributed by atoms with van der Waals surface area (Å²) >= 11 is 0. The van der Waals surface area contributed by atoms with Crippen LogP contribution in [-0.2, 0) is 14.3 Å². The van der Waals surface area contributed by atoms with Crippen molar-refractivity contribution in [3.05, 3.63) is 0 Å². The number of aliphatic carboxylic acids is 1. The molecule has 5 heteroatoms. The van der Waals surface area contributed by atoms with Gasteiger partial charge < -0.3 is 19.9 Å². The minimum absolute atomic E-state index is 0.230. The van der Waals surface area contributed by atoms with Crippen LogP contribution in [0.1, 0.15) is 32.6 Å². The van der Waals surface area contributed by atoms with E-state index in [1.54, 1.807) is 7.11 Å². The van der Waals surface area contributed by atoms with E-state index in [9.17, 15) is 4.79 Å². The normalized spacial score (nSPS) is 12.6. The number of rotatable bonds is 12. The first-order valence-corrected chi connectivity index (χ1v) is 6.18. The highest BCUT2D eigenvalue weighted by atomic mass is 16.5. The van der Waals surface area contributed by atoms with Crippen molar-refractivity contribution in [2.75, 3.05) is 33.5 Å². The monoisotopic (exact) mass is 247 g/mol. The minimum atomic E-state index is -0.731. The smallest absolute Gasteiger partial charge is 0.303 e. The molecular weight excluding hydrogens is 222 g/mol. The van der Waals surface area contributed by atoms with Crippen molar-refractivity contribution in [2.24, 2.45) is 0 Å². The van der Waals surface area contributed by atoms with Crippen LogP contribution in [0.3, 0.4) is 0 Å². The third-order valence-electron chi connectivity index (χ3n) is 2.43. The second-order valence-electron chi connectivity index (χ2n) is 4.10. The first-order valence-electron chi connectivity index (χ1n) is 6.18. The molecule has 0 aromatic carbocycles. The standard InChI is InChI=1S/C12H25NO4/c1-11(5-6-12(14)15)13-7-3-4-8-17-10-9-16-2/h11,13H,3-10H2,1-2H3,(H,14,15). The second kappa shape index (κ2) is 11.8. The van der Waals surface area contributed by atoms with Crippen LogP contribution in [-0.4, -0.2) is 50.6 Å². The van der Waals surface area contributed by atoms with Gasteiger partial charge in [-0.05, 0) is 32.7 Å². The van der Waals surface area contributed by atoms with E-state index in [1.165, 1.54) is 0 Å². The van der Waals surface area contributed by atoms with Crippen LogP contribution in [0.2, 0.25) is 0 Å². The summed E-state index contributed by atoms with van der Waals surface area (Å²) in [5.74, 6) is -0.731. The molecule has 1 atom stereocenters. The lowest BCUT2D eigenvalue weighted by Gasteiger charge is -2.12. The number of nitrogens with one attached hydrogen (secondary N) is 1. The Morgan fingerprint density at radius 2 is 2.06 bits per heavy atom. The van der Waals surface area contributed by atoms with Crippen molar-refractivity contribution in [3.63, 3.8) is 0 Å². The molecule has 0 radical (unpaired) electrons. The van der Waals surface area contributed by atoms with Gasteiger partial charge in [0.15, 0.2) is 0 Å². The molecule has 2 N–H and O–H groups in total. The number of unbranched alkanes of at least 4 members (excludes halogenated alkanes) is 1. The summed E-state index contributed by atoms with van der Waals surface area (Å²) in [6.07, 6.45) is 2.97. The number of carboxylic acid groups (broad SMARTS) is 1. The highest BCUT2D eigenvalue weighted by Crippen LogP contribution is 1.97. The van der Waals surface area contributed by atoms with Crippen LogP contribution in [0.15, 0.2) is 0 Å². The highest BCUT2D eigenvalue weighted by Gasteiger charge is 2.03. The van der Waals surface area contributed by atoms with Crippen LogP contribution in [0.25, 0.3) is 0 Å². The highest BCUT2D eigenvalue weighted by molar-refractivity contribution is 5.66. The van der Waals surface area contributed by atoms with Crippen LogP contribution < -0.4 is 5.32 Å². The van der Waals surface area contributed by atoms with Gasteiger partial charge in [-0.15, -0.1) is 0 Å². The molecule has 0 fully saturated rings. The average Bonchev–Trinajstić information content (AvgIpc) is 2.30. The predicted molar refractivity (Wildman–Crippen MR) is 66.3 cm³/mol. The van der Waals surface area contributed by atoms with Gasteiger partial charge in [-0.25, -0.2) is 0 Å². The molecule has 0 heterocycles. The number of carbonyl (C=O) groups is 1. The number of hydrogen-bond acceptors (Lipinski definition) is 4.